The average Bonchev–Trinajstić information content (AvgIpc) is 2.01. The van der Waals surface area contributed by atoms with Crippen LogP contribution < -0.4 is 5.84 Å². The number of nitrogens with two attached hydrogens (primary N) is 1. The molecule has 0 aliphatic carbocycles. The second-order valence-electron chi connectivity index (χ2n) is 2.55. The highest BCUT2D eigenvalue weighted by atomic mass is 19.4. The minimum atomic E-state index is -6.91. The Balaban J connectivity index is 5.52. The molecule has 0 radical (unpaired) electrons. The van der Waals surface area contributed by atoms with Gasteiger partial charge in [0.2, 0.25) is 0 Å². The third-order valence-corrected chi connectivity index (χ3v) is 1.41. The Labute approximate surface area is 81.9 Å². The van der Waals surface area contributed by atoms with E-state index in [2.05, 4.69) is 5.84 Å². The van der Waals surface area contributed by atoms with Gasteiger partial charge in [-0.3, -0.25) is 0 Å². The quantitative estimate of drug-likeness (QED) is 0.360. The SMILES string of the molecule is N/N=C/C(F)(F)C(F)(F)C(F)(F)C(F)(F)F. The first-order chi connectivity index (χ1) is 6.81. The summed E-state index contributed by atoms with van der Waals surface area (Å²) in [5, 5.41) is 1.81. The van der Waals surface area contributed by atoms with Crippen molar-refractivity contribution in [3.63, 3.8) is 0 Å². The maximum absolute atomic E-state index is 12.3. The Bertz CT molecular complexity index is 278. The molecule has 0 fully saturated rings. The molecule has 96 valence electrons. The summed E-state index contributed by atoms with van der Waals surface area (Å²) in [7, 11) is 0. The van der Waals surface area contributed by atoms with Crippen molar-refractivity contribution in [3.05, 3.63) is 0 Å². The molecular formula is C5H3F9N2. The van der Waals surface area contributed by atoms with Crippen LogP contribution in [0.4, 0.5) is 39.5 Å². The number of hydrogen-bond donors (Lipinski definition) is 1. The Kier molecular flexibility index (Phi) is 3.43. The van der Waals surface area contributed by atoms with Gasteiger partial charge in [0.1, 0.15) is 0 Å². The highest BCUT2D eigenvalue weighted by Gasteiger charge is 2.81. The predicted molar refractivity (Wildman–Crippen MR) is 33.6 cm³/mol. The van der Waals surface area contributed by atoms with E-state index in [0.717, 1.165) is 0 Å². The van der Waals surface area contributed by atoms with Crippen molar-refractivity contribution < 1.29 is 39.5 Å². The van der Waals surface area contributed by atoms with Crippen LogP contribution in [0.5, 0.6) is 0 Å². The fourth-order valence-electron chi connectivity index (χ4n) is 0.562. The monoisotopic (exact) mass is 262 g/mol. The van der Waals surface area contributed by atoms with Crippen LogP contribution in [-0.2, 0) is 0 Å². The van der Waals surface area contributed by atoms with Crippen molar-refractivity contribution in [1.82, 2.24) is 0 Å². The van der Waals surface area contributed by atoms with Gasteiger partial charge in [0, 0.05) is 0 Å². The van der Waals surface area contributed by atoms with E-state index >= 15 is 0 Å². The third kappa shape index (κ3) is 2.02. The van der Waals surface area contributed by atoms with E-state index in [9.17, 15) is 39.5 Å². The zero-order chi connectivity index (χ0) is 13.4. The molecule has 0 aromatic heterocycles. The first-order valence-corrected chi connectivity index (χ1v) is 3.26. The molecule has 2 N–H and O–H groups in total. The summed E-state index contributed by atoms with van der Waals surface area (Å²) in [6.45, 7) is 0. The summed E-state index contributed by atoms with van der Waals surface area (Å²) in [6.07, 6.45) is -8.02. The van der Waals surface area contributed by atoms with E-state index in [1.165, 1.54) is 0 Å². The van der Waals surface area contributed by atoms with Gasteiger partial charge < -0.3 is 5.84 Å². The number of nitrogens with zero attached hydrogens (tertiary/aromatic N) is 1. The van der Waals surface area contributed by atoms with E-state index < -0.39 is 30.2 Å². The number of hydrazone groups is 1. The van der Waals surface area contributed by atoms with Gasteiger partial charge >= 0.3 is 23.9 Å². The molecule has 0 aliphatic rings. The van der Waals surface area contributed by atoms with E-state index in [4.69, 9.17) is 0 Å². The molecule has 0 spiro atoms. The van der Waals surface area contributed by atoms with Gasteiger partial charge in [0.05, 0.1) is 6.21 Å². The second-order valence-corrected chi connectivity index (χ2v) is 2.55. The summed E-state index contributed by atoms with van der Waals surface area (Å²) in [5.74, 6) is -15.4. The van der Waals surface area contributed by atoms with E-state index in [1.54, 1.807) is 0 Å². The Morgan fingerprint density at radius 2 is 1.12 bits per heavy atom. The number of alkyl halides is 9. The van der Waals surface area contributed by atoms with Crippen LogP contribution >= 0.6 is 0 Å². The number of hydrogen-bond acceptors (Lipinski definition) is 2. The lowest BCUT2D eigenvalue weighted by Crippen LogP contribution is -2.61. The van der Waals surface area contributed by atoms with Crippen molar-refractivity contribution in [2.75, 3.05) is 0 Å². The second kappa shape index (κ2) is 3.70. The van der Waals surface area contributed by atoms with E-state index in [-0.39, 0.29) is 0 Å². The minimum absolute atomic E-state index is 1.19. The third-order valence-electron chi connectivity index (χ3n) is 1.41. The van der Waals surface area contributed by atoms with Gasteiger partial charge in [0.15, 0.2) is 0 Å². The summed E-state index contributed by atoms with van der Waals surface area (Å²) in [6, 6.07) is 0. The van der Waals surface area contributed by atoms with Crippen molar-refractivity contribution in [3.8, 4) is 0 Å². The van der Waals surface area contributed by atoms with Crippen LogP contribution in [0, 0.1) is 0 Å². The molecule has 11 heteroatoms. The van der Waals surface area contributed by atoms with Crippen molar-refractivity contribution >= 4 is 6.21 Å². The lowest BCUT2D eigenvalue weighted by Gasteiger charge is -2.31. The molecule has 2 nitrogen and oxygen atoms in total. The predicted octanol–water partition coefficient (Wildman–Crippen LogP) is 2.40. The fourth-order valence-corrected chi connectivity index (χ4v) is 0.562. The van der Waals surface area contributed by atoms with Gasteiger partial charge in [-0.1, -0.05) is 0 Å². The molecule has 0 saturated heterocycles. The zero-order valence-corrected chi connectivity index (χ0v) is 7.00. The molecule has 0 amide bonds. The lowest BCUT2D eigenvalue weighted by molar-refractivity contribution is -0.384. The largest absolute Gasteiger partial charge is 0.460 e. The van der Waals surface area contributed by atoms with Crippen LogP contribution in [-0.4, -0.2) is 30.2 Å². The van der Waals surface area contributed by atoms with Crippen molar-refractivity contribution in [2.24, 2.45) is 10.9 Å². The Morgan fingerprint density at radius 3 is 1.38 bits per heavy atom. The molecule has 0 rings (SSSR count). The summed E-state index contributed by atoms with van der Waals surface area (Å²) in [4.78, 5) is 0. The van der Waals surface area contributed by atoms with E-state index in [0.29, 0.717) is 0 Å². The molecule has 0 atom stereocenters. The molecular weight excluding hydrogens is 259 g/mol. The molecule has 0 aromatic carbocycles. The molecule has 0 heterocycles. The van der Waals surface area contributed by atoms with E-state index in [1.807, 2.05) is 5.10 Å². The van der Waals surface area contributed by atoms with Crippen LogP contribution in [0.3, 0.4) is 0 Å². The zero-order valence-electron chi connectivity index (χ0n) is 7.00. The van der Waals surface area contributed by atoms with Gasteiger partial charge in [-0.2, -0.15) is 44.6 Å². The first kappa shape index (κ1) is 14.8. The molecule has 0 aliphatic heterocycles. The fraction of sp³-hybridized carbons (Fsp3) is 0.800. The molecule has 0 unspecified atom stereocenters. The smallest absolute Gasteiger partial charge is 0.323 e. The summed E-state index contributed by atoms with van der Waals surface area (Å²) < 4.78 is 108. The minimum Gasteiger partial charge on any atom is -0.323 e. The lowest BCUT2D eigenvalue weighted by atomic mass is 10.1. The molecule has 0 saturated carbocycles. The van der Waals surface area contributed by atoms with Crippen LogP contribution in [0.1, 0.15) is 0 Å². The van der Waals surface area contributed by atoms with Crippen molar-refractivity contribution in [2.45, 2.75) is 23.9 Å². The number of halogens is 9. The first-order valence-electron chi connectivity index (χ1n) is 3.26. The van der Waals surface area contributed by atoms with Gasteiger partial charge in [-0.05, 0) is 0 Å². The molecule has 0 bridgehead atoms. The molecule has 0 aromatic rings. The Morgan fingerprint density at radius 1 is 0.750 bits per heavy atom. The van der Waals surface area contributed by atoms with Crippen molar-refractivity contribution in [1.29, 1.82) is 0 Å². The topological polar surface area (TPSA) is 38.4 Å². The number of rotatable bonds is 3. The standard InChI is InChI=1S/C5H3F9N2/c6-2(7,1-16-15)3(8,9)4(10,11)5(12,13)14/h1H,15H2/b16-1+. The average molecular weight is 262 g/mol. The van der Waals surface area contributed by atoms with Crippen LogP contribution in [0.15, 0.2) is 5.10 Å². The highest BCUT2D eigenvalue weighted by Crippen LogP contribution is 2.52. The van der Waals surface area contributed by atoms with Gasteiger partial charge in [-0.15, -0.1) is 0 Å². The maximum atomic E-state index is 12.3. The Hall–Kier alpha value is -1.16. The summed E-state index contributed by atoms with van der Waals surface area (Å²) >= 11 is 0. The maximum Gasteiger partial charge on any atom is 0.460 e. The normalized spacial score (nSPS) is 15.8. The van der Waals surface area contributed by atoms with Crippen LogP contribution in [0.25, 0.3) is 0 Å². The van der Waals surface area contributed by atoms with Gasteiger partial charge in [0.25, 0.3) is 0 Å². The highest BCUT2D eigenvalue weighted by molar-refractivity contribution is 5.68. The molecule has 16 heavy (non-hydrogen) atoms. The summed E-state index contributed by atoms with van der Waals surface area (Å²) in [5.41, 5.74) is 0. The van der Waals surface area contributed by atoms with Gasteiger partial charge in [-0.25, -0.2) is 0 Å². The van der Waals surface area contributed by atoms with Crippen LogP contribution in [0.2, 0.25) is 0 Å².